The number of ether oxygens (including phenoxy) is 1. The van der Waals surface area contributed by atoms with E-state index in [4.69, 9.17) is 0 Å². The van der Waals surface area contributed by atoms with Crippen molar-refractivity contribution in [2.45, 2.75) is 25.4 Å². The number of allylic oxidation sites excluding steroid dienone is 1. The zero-order valence-electron chi connectivity index (χ0n) is 15.0. The first-order valence-electron chi connectivity index (χ1n) is 8.65. The highest BCUT2D eigenvalue weighted by Crippen LogP contribution is 2.37. The SMILES string of the molecule is FC(F)(F)Oc1ccc(-c2ccc3nnc(C(F)(F)F)n3c2)c(C2=CN=CCC2)c1. The van der Waals surface area contributed by atoms with Crippen LogP contribution in [0, 0.1) is 0 Å². The lowest BCUT2D eigenvalue weighted by Crippen LogP contribution is -2.17. The molecule has 1 aliphatic rings. The third-order valence-corrected chi connectivity index (χ3v) is 4.42. The second-order valence-corrected chi connectivity index (χ2v) is 6.45. The first-order chi connectivity index (χ1) is 14.1. The maximum Gasteiger partial charge on any atom is 0.573 e. The second kappa shape index (κ2) is 7.15. The number of aromatic nitrogens is 3. The van der Waals surface area contributed by atoms with Crippen molar-refractivity contribution >= 4 is 17.4 Å². The molecule has 2 aromatic heterocycles. The van der Waals surface area contributed by atoms with Gasteiger partial charge in [0.15, 0.2) is 5.65 Å². The van der Waals surface area contributed by atoms with Crippen molar-refractivity contribution in [3.63, 3.8) is 0 Å². The average Bonchev–Trinajstić information content (AvgIpc) is 3.11. The molecule has 0 radical (unpaired) electrons. The summed E-state index contributed by atoms with van der Waals surface area (Å²) in [7, 11) is 0. The highest BCUT2D eigenvalue weighted by atomic mass is 19.4. The smallest absolute Gasteiger partial charge is 0.406 e. The van der Waals surface area contributed by atoms with Crippen molar-refractivity contribution in [2.75, 3.05) is 0 Å². The summed E-state index contributed by atoms with van der Waals surface area (Å²) in [6.45, 7) is 0. The number of hydrogen-bond donors (Lipinski definition) is 0. The summed E-state index contributed by atoms with van der Waals surface area (Å²) in [6.07, 6.45) is -4.12. The molecular formula is C19H12F6N4O. The number of pyridine rings is 1. The van der Waals surface area contributed by atoms with Crippen LogP contribution in [0.2, 0.25) is 0 Å². The van der Waals surface area contributed by atoms with Crippen molar-refractivity contribution < 1.29 is 31.1 Å². The summed E-state index contributed by atoms with van der Waals surface area (Å²) in [5, 5.41) is 6.68. The minimum absolute atomic E-state index is 0.00821. The molecule has 0 amide bonds. The molecule has 0 aliphatic carbocycles. The number of alkyl halides is 6. The molecule has 1 aliphatic heterocycles. The van der Waals surface area contributed by atoms with Crippen LogP contribution in [-0.4, -0.2) is 27.2 Å². The van der Waals surface area contributed by atoms with E-state index in [1.54, 1.807) is 6.21 Å². The number of fused-ring (bicyclic) bond motifs is 1. The maximum absolute atomic E-state index is 13.2. The van der Waals surface area contributed by atoms with Crippen LogP contribution in [-0.2, 0) is 6.18 Å². The first kappa shape index (κ1) is 19.9. The summed E-state index contributed by atoms with van der Waals surface area (Å²) >= 11 is 0. The van der Waals surface area contributed by atoms with Gasteiger partial charge in [-0.15, -0.1) is 23.4 Å². The number of rotatable bonds is 3. The van der Waals surface area contributed by atoms with Crippen LogP contribution in [0.15, 0.2) is 47.7 Å². The van der Waals surface area contributed by atoms with Crippen molar-refractivity contribution in [3.05, 3.63) is 54.1 Å². The molecule has 0 saturated carbocycles. The molecule has 0 saturated heterocycles. The van der Waals surface area contributed by atoms with Crippen LogP contribution in [0.4, 0.5) is 26.3 Å². The fraction of sp³-hybridized carbons (Fsp3) is 0.211. The molecule has 156 valence electrons. The van der Waals surface area contributed by atoms with Crippen molar-refractivity contribution in [1.82, 2.24) is 14.6 Å². The Morgan fingerprint density at radius 1 is 0.933 bits per heavy atom. The molecule has 11 heteroatoms. The molecule has 0 bridgehead atoms. The standard InChI is InChI=1S/C19H12F6N4O/c20-18(21,22)17-28-27-16-6-3-12(10-29(16)17)14-5-4-13(30-19(23,24)25)8-15(14)11-2-1-7-26-9-11/h3-10H,1-2H2. The van der Waals surface area contributed by atoms with Gasteiger partial charge >= 0.3 is 12.5 Å². The van der Waals surface area contributed by atoms with Gasteiger partial charge < -0.3 is 4.74 Å². The Bertz CT molecular complexity index is 1160. The largest absolute Gasteiger partial charge is 0.573 e. The third-order valence-electron chi connectivity index (χ3n) is 4.42. The normalized spacial score (nSPS) is 14.8. The molecule has 0 spiro atoms. The maximum atomic E-state index is 13.2. The fourth-order valence-electron chi connectivity index (χ4n) is 3.19. The van der Waals surface area contributed by atoms with Gasteiger partial charge in [0.2, 0.25) is 5.82 Å². The lowest BCUT2D eigenvalue weighted by Gasteiger charge is -2.17. The van der Waals surface area contributed by atoms with Crippen LogP contribution < -0.4 is 4.74 Å². The predicted octanol–water partition coefficient (Wildman–Crippen LogP) is 5.52. The van der Waals surface area contributed by atoms with Crippen LogP contribution in [0.1, 0.15) is 24.2 Å². The van der Waals surface area contributed by atoms with Crippen molar-refractivity contribution in [3.8, 4) is 16.9 Å². The van der Waals surface area contributed by atoms with Gasteiger partial charge in [-0.3, -0.25) is 9.39 Å². The Morgan fingerprint density at radius 2 is 1.73 bits per heavy atom. The predicted molar refractivity (Wildman–Crippen MR) is 95.8 cm³/mol. The fourth-order valence-corrected chi connectivity index (χ4v) is 3.19. The van der Waals surface area contributed by atoms with Crippen LogP contribution in [0.5, 0.6) is 5.75 Å². The van der Waals surface area contributed by atoms with Gasteiger partial charge in [0, 0.05) is 18.6 Å². The zero-order valence-corrected chi connectivity index (χ0v) is 15.0. The summed E-state index contributed by atoms with van der Waals surface area (Å²) in [5.74, 6) is -1.63. The molecule has 3 heterocycles. The molecule has 3 aromatic rings. The van der Waals surface area contributed by atoms with Gasteiger partial charge in [-0.2, -0.15) is 13.2 Å². The van der Waals surface area contributed by atoms with Gasteiger partial charge in [-0.05, 0) is 59.4 Å². The topological polar surface area (TPSA) is 51.8 Å². The van der Waals surface area contributed by atoms with Gasteiger partial charge in [-0.1, -0.05) is 6.07 Å². The van der Waals surface area contributed by atoms with E-state index in [1.165, 1.54) is 36.7 Å². The molecule has 0 fully saturated rings. The quantitative estimate of drug-likeness (QED) is 0.519. The molecular weight excluding hydrogens is 414 g/mol. The lowest BCUT2D eigenvalue weighted by molar-refractivity contribution is -0.274. The highest BCUT2D eigenvalue weighted by molar-refractivity contribution is 5.84. The molecule has 1 aromatic carbocycles. The minimum Gasteiger partial charge on any atom is -0.406 e. The average molecular weight is 426 g/mol. The molecule has 4 rings (SSSR count). The Kier molecular flexibility index (Phi) is 4.75. The van der Waals surface area contributed by atoms with E-state index in [2.05, 4.69) is 19.9 Å². The number of aliphatic imine (C=N–C) groups is 1. The molecule has 5 nitrogen and oxygen atoms in total. The lowest BCUT2D eigenvalue weighted by atomic mass is 9.92. The van der Waals surface area contributed by atoms with Crippen LogP contribution in [0.3, 0.4) is 0 Å². The van der Waals surface area contributed by atoms with E-state index in [1.807, 2.05) is 0 Å². The van der Waals surface area contributed by atoms with Gasteiger partial charge in [-0.25, -0.2) is 0 Å². The number of nitrogens with zero attached hydrogens (tertiary/aromatic N) is 4. The van der Waals surface area contributed by atoms with Gasteiger partial charge in [0.05, 0.1) is 0 Å². The summed E-state index contributed by atoms with van der Waals surface area (Å²) in [5.41, 5.74) is 1.79. The molecule has 30 heavy (non-hydrogen) atoms. The van der Waals surface area contributed by atoms with Crippen molar-refractivity contribution in [1.29, 1.82) is 0 Å². The van der Waals surface area contributed by atoms with Crippen LogP contribution >= 0.6 is 0 Å². The van der Waals surface area contributed by atoms with E-state index in [9.17, 15) is 26.3 Å². The zero-order chi connectivity index (χ0) is 21.5. The van der Waals surface area contributed by atoms with E-state index >= 15 is 0 Å². The Morgan fingerprint density at radius 3 is 2.40 bits per heavy atom. The Labute approximate surface area is 165 Å². The molecule has 0 atom stereocenters. The summed E-state index contributed by atoms with van der Waals surface area (Å²) in [4.78, 5) is 4.04. The van der Waals surface area contributed by atoms with Gasteiger partial charge in [0.1, 0.15) is 5.75 Å². The Hall–Kier alpha value is -3.37. The van der Waals surface area contributed by atoms with E-state index in [0.29, 0.717) is 35.1 Å². The Balaban J connectivity index is 1.87. The highest BCUT2D eigenvalue weighted by Gasteiger charge is 2.37. The van der Waals surface area contributed by atoms with Crippen LogP contribution in [0.25, 0.3) is 22.3 Å². The summed E-state index contributed by atoms with van der Waals surface area (Å²) in [6, 6.07) is 6.57. The number of hydrogen-bond acceptors (Lipinski definition) is 4. The van der Waals surface area contributed by atoms with Gasteiger partial charge in [0.25, 0.3) is 0 Å². The third kappa shape index (κ3) is 4.00. The monoisotopic (exact) mass is 426 g/mol. The second-order valence-electron chi connectivity index (χ2n) is 6.45. The first-order valence-corrected chi connectivity index (χ1v) is 8.65. The van der Waals surface area contributed by atoms with E-state index < -0.39 is 24.1 Å². The number of halogens is 6. The minimum atomic E-state index is -4.87. The molecule has 0 unspecified atom stereocenters. The van der Waals surface area contributed by atoms with Crippen molar-refractivity contribution in [2.24, 2.45) is 4.99 Å². The summed E-state index contributed by atoms with van der Waals surface area (Å²) < 4.78 is 82.3. The van der Waals surface area contributed by atoms with E-state index in [0.717, 1.165) is 10.5 Å². The van der Waals surface area contributed by atoms with E-state index in [-0.39, 0.29) is 5.65 Å². The molecule has 0 N–H and O–H groups in total. The number of benzene rings is 1.